The van der Waals surface area contributed by atoms with Crippen LogP contribution in [0.25, 0.3) is 0 Å². The third-order valence-corrected chi connectivity index (χ3v) is 8.46. The summed E-state index contributed by atoms with van der Waals surface area (Å²) in [5.41, 5.74) is 3.95. The lowest BCUT2D eigenvalue weighted by Crippen LogP contribution is -2.52. The van der Waals surface area contributed by atoms with Crippen molar-refractivity contribution in [3.05, 3.63) is 46.6 Å². The first kappa shape index (κ1) is 33.0. The molecule has 3 atom stereocenters. The van der Waals surface area contributed by atoms with E-state index in [-0.39, 0.29) is 43.6 Å². The minimum atomic E-state index is -1.14. The lowest BCUT2D eigenvalue weighted by atomic mass is 9.88. The number of alkyl carbamates (subject to hydrolysis) is 1. The summed E-state index contributed by atoms with van der Waals surface area (Å²) in [6.45, 7) is 8.60. The van der Waals surface area contributed by atoms with Crippen molar-refractivity contribution in [1.29, 1.82) is 0 Å². The number of fused-ring (bicyclic) bond motifs is 3. The van der Waals surface area contributed by atoms with Crippen LogP contribution in [0.3, 0.4) is 0 Å². The van der Waals surface area contributed by atoms with Crippen molar-refractivity contribution in [2.75, 3.05) is 33.4 Å². The molecule has 240 valence electrons. The topological polar surface area (TPSA) is 132 Å². The molecule has 0 saturated carbocycles. The normalized spacial score (nSPS) is 25.9. The second-order valence-corrected chi connectivity index (χ2v) is 13.0. The predicted molar refractivity (Wildman–Crippen MR) is 162 cm³/mol. The zero-order valence-corrected chi connectivity index (χ0v) is 26.5. The van der Waals surface area contributed by atoms with Gasteiger partial charge in [-0.05, 0) is 74.2 Å². The van der Waals surface area contributed by atoms with E-state index in [9.17, 15) is 24.0 Å². The molecule has 3 aliphatic heterocycles. The molecule has 11 heteroatoms. The van der Waals surface area contributed by atoms with Crippen LogP contribution in [-0.2, 0) is 28.6 Å². The summed E-state index contributed by atoms with van der Waals surface area (Å²) in [6.07, 6.45) is 9.21. The first-order valence-corrected chi connectivity index (χ1v) is 15.4. The number of nitrogens with zero attached hydrogens (tertiary/aromatic N) is 2. The van der Waals surface area contributed by atoms with Crippen LogP contribution in [0.2, 0.25) is 0 Å². The summed E-state index contributed by atoms with van der Waals surface area (Å²) in [5, 5.41) is 2.63. The maximum atomic E-state index is 13.9. The molecule has 3 unspecified atom stereocenters. The van der Waals surface area contributed by atoms with Crippen molar-refractivity contribution in [2.24, 2.45) is 5.41 Å². The van der Waals surface area contributed by atoms with Crippen molar-refractivity contribution >= 4 is 29.8 Å². The van der Waals surface area contributed by atoms with Crippen LogP contribution in [-0.4, -0.2) is 91.2 Å². The Morgan fingerprint density at radius 2 is 1.93 bits per heavy atom. The van der Waals surface area contributed by atoms with Crippen LogP contribution in [0.15, 0.2) is 46.6 Å². The molecule has 0 aromatic heterocycles. The zero-order valence-electron chi connectivity index (χ0n) is 26.5. The Hall–Kier alpha value is -3.89. The van der Waals surface area contributed by atoms with Crippen LogP contribution in [0.5, 0.6) is 0 Å². The van der Waals surface area contributed by atoms with E-state index in [4.69, 9.17) is 14.2 Å². The van der Waals surface area contributed by atoms with Gasteiger partial charge in [0.25, 0.3) is 0 Å². The van der Waals surface area contributed by atoms with Gasteiger partial charge in [0.15, 0.2) is 5.78 Å². The van der Waals surface area contributed by atoms with Gasteiger partial charge in [-0.3, -0.25) is 14.5 Å². The quantitative estimate of drug-likeness (QED) is 0.275. The van der Waals surface area contributed by atoms with Gasteiger partial charge in [0, 0.05) is 25.9 Å². The van der Waals surface area contributed by atoms with Gasteiger partial charge >= 0.3 is 18.2 Å². The zero-order chi connectivity index (χ0) is 32.0. The molecule has 0 radical (unpaired) electrons. The van der Waals surface area contributed by atoms with Crippen LogP contribution >= 0.6 is 0 Å². The highest BCUT2D eigenvalue weighted by Gasteiger charge is 2.45. The molecule has 11 nitrogen and oxygen atoms in total. The molecule has 0 aromatic rings. The molecule has 4 bridgehead atoms. The van der Waals surface area contributed by atoms with Gasteiger partial charge in [0.2, 0.25) is 5.91 Å². The molecule has 1 fully saturated rings. The number of methoxy groups -OCH3 is 1. The number of allylic oxidation sites excluding steroid dienone is 5. The Morgan fingerprint density at radius 1 is 1.16 bits per heavy atom. The molecule has 4 aliphatic rings. The van der Waals surface area contributed by atoms with Gasteiger partial charge in [-0.2, -0.15) is 0 Å². The molecule has 3 heterocycles. The van der Waals surface area contributed by atoms with Gasteiger partial charge < -0.3 is 24.4 Å². The van der Waals surface area contributed by atoms with E-state index in [2.05, 4.69) is 23.5 Å². The van der Waals surface area contributed by atoms with E-state index < -0.39 is 42.3 Å². The standard InChI is InChI=1S/C33H45N3O8/c1-21(2)15-24(37)12-13-27-29(38)36-18-25(16-28(36)30(39)42-5)44-32(41)35-17-23-11-8-10-22(26(23)19-35)9-6-7-14-33(3,4)20-43-31(40)34-27/h6,9-10,15,25,27-28H,7-8,11-14,16-20H2,1-5H3,(H,34,40). The number of carbonyl (C=O) groups excluding carboxylic acids is 5. The van der Waals surface area contributed by atoms with E-state index in [1.54, 1.807) is 18.7 Å². The summed E-state index contributed by atoms with van der Waals surface area (Å²) >= 11 is 0. The van der Waals surface area contributed by atoms with E-state index in [0.717, 1.165) is 42.4 Å². The number of ketones is 1. The molecule has 0 spiro atoms. The van der Waals surface area contributed by atoms with E-state index in [1.165, 1.54) is 23.7 Å². The number of cyclic esters (lactones) is 1. The van der Waals surface area contributed by atoms with Gasteiger partial charge in [0.1, 0.15) is 18.2 Å². The number of hydrogen-bond donors (Lipinski definition) is 1. The molecule has 3 amide bonds. The van der Waals surface area contributed by atoms with Crippen LogP contribution < -0.4 is 5.32 Å². The van der Waals surface area contributed by atoms with E-state index >= 15 is 0 Å². The number of nitrogens with one attached hydrogen (secondary N) is 1. The van der Waals surface area contributed by atoms with Crippen molar-refractivity contribution in [3.63, 3.8) is 0 Å². The van der Waals surface area contributed by atoms with Crippen molar-refractivity contribution in [2.45, 2.75) is 90.8 Å². The highest BCUT2D eigenvalue weighted by Crippen LogP contribution is 2.34. The van der Waals surface area contributed by atoms with Crippen molar-refractivity contribution in [1.82, 2.24) is 15.1 Å². The highest BCUT2D eigenvalue weighted by atomic mass is 16.6. The molecule has 1 N–H and O–H groups in total. The molecular weight excluding hydrogens is 566 g/mol. The van der Waals surface area contributed by atoms with Gasteiger partial charge in [-0.1, -0.05) is 37.6 Å². The van der Waals surface area contributed by atoms with Crippen LogP contribution in [0.1, 0.15) is 72.6 Å². The Balaban J connectivity index is 1.60. The molecule has 0 aromatic carbocycles. The third kappa shape index (κ3) is 8.39. The van der Waals surface area contributed by atoms with E-state index in [0.29, 0.717) is 13.1 Å². The Bertz CT molecular complexity index is 1290. The maximum Gasteiger partial charge on any atom is 0.410 e. The fourth-order valence-corrected chi connectivity index (χ4v) is 6.08. The monoisotopic (exact) mass is 611 g/mol. The summed E-state index contributed by atoms with van der Waals surface area (Å²) in [5.74, 6) is -1.42. The highest BCUT2D eigenvalue weighted by molar-refractivity contribution is 5.93. The summed E-state index contributed by atoms with van der Waals surface area (Å²) < 4.78 is 16.4. The first-order chi connectivity index (χ1) is 20.9. The van der Waals surface area contributed by atoms with Crippen LogP contribution in [0.4, 0.5) is 9.59 Å². The average molecular weight is 612 g/mol. The first-order valence-electron chi connectivity index (χ1n) is 15.4. The lowest BCUT2D eigenvalue weighted by Gasteiger charge is -2.28. The predicted octanol–water partition coefficient (Wildman–Crippen LogP) is 4.38. The summed E-state index contributed by atoms with van der Waals surface area (Å²) in [6, 6.07) is -2.16. The Kier molecular flexibility index (Phi) is 10.7. The largest absolute Gasteiger partial charge is 0.467 e. The summed E-state index contributed by atoms with van der Waals surface area (Å²) in [4.78, 5) is 68.3. The fraction of sp³-hybridized carbons (Fsp3) is 0.606. The molecule has 44 heavy (non-hydrogen) atoms. The maximum absolute atomic E-state index is 13.9. The smallest absolute Gasteiger partial charge is 0.410 e. The van der Waals surface area contributed by atoms with Gasteiger partial charge in [0.05, 0.1) is 20.3 Å². The number of rotatable bonds is 5. The molecule has 1 aliphatic carbocycles. The number of esters is 1. The van der Waals surface area contributed by atoms with Gasteiger partial charge in [-0.15, -0.1) is 0 Å². The van der Waals surface area contributed by atoms with Crippen molar-refractivity contribution < 1.29 is 38.2 Å². The number of amides is 3. The lowest BCUT2D eigenvalue weighted by molar-refractivity contribution is -0.151. The van der Waals surface area contributed by atoms with E-state index in [1.807, 2.05) is 13.8 Å². The SMILES string of the molecule is COC(=O)C1CC2CN1C(=O)C(CCC(=O)C=C(C)C)NC(=O)OCC(C)(C)CCC=CC1=CCCC3=C1CN(C3)C(=O)O2. The number of carbonyl (C=O) groups is 5. The minimum absolute atomic E-state index is 0.000430. The second kappa shape index (κ2) is 14.3. The number of ether oxygens (including phenoxy) is 3. The second-order valence-electron chi connectivity index (χ2n) is 13.0. The van der Waals surface area contributed by atoms with Crippen LogP contribution in [0, 0.1) is 5.41 Å². The molecular formula is C33H45N3O8. The Labute approximate surface area is 259 Å². The molecule has 4 rings (SSSR count). The fourth-order valence-electron chi connectivity index (χ4n) is 6.08. The average Bonchev–Trinajstić information content (AvgIpc) is 3.60. The molecule has 1 saturated heterocycles. The van der Waals surface area contributed by atoms with Crippen molar-refractivity contribution in [3.8, 4) is 0 Å². The minimum Gasteiger partial charge on any atom is -0.467 e. The number of hydrogen-bond acceptors (Lipinski definition) is 8. The third-order valence-electron chi connectivity index (χ3n) is 8.46. The Morgan fingerprint density at radius 3 is 2.66 bits per heavy atom. The van der Waals surface area contributed by atoms with Gasteiger partial charge in [-0.25, -0.2) is 14.4 Å². The summed E-state index contributed by atoms with van der Waals surface area (Å²) in [7, 11) is 1.23.